The van der Waals surface area contributed by atoms with Crippen molar-refractivity contribution in [3.63, 3.8) is 0 Å². The predicted molar refractivity (Wildman–Crippen MR) is 115 cm³/mol. The third-order valence-electron chi connectivity index (χ3n) is 5.44. The molecule has 0 bridgehead atoms. The molecule has 1 aromatic carbocycles. The van der Waals surface area contributed by atoms with E-state index in [1.54, 1.807) is 32.3 Å². The summed E-state index contributed by atoms with van der Waals surface area (Å²) in [6.07, 6.45) is 3.48. The Labute approximate surface area is 176 Å². The predicted octanol–water partition coefficient (Wildman–Crippen LogP) is 5.66. The molecule has 4 heterocycles. The van der Waals surface area contributed by atoms with Crippen molar-refractivity contribution >= 4 is 34.2 Å². The average Bonchev–Trinajstić information content (AvgIpc) is 3.26. The SMILES string of the molecule is Cc1noc(C)c1-c1cc2ncc3[nH]c(=S)n([C@H](C)c4ccccn4)c3c2cc1F. The van der Waals surface area contributed by atoms with Crippen LogP contribution >= 0.6 is 12.2 Å². The Hall–Kier alpha value is -3.39. The molecule has 0 amide bonds. The maximum absolute atomic E-state index is 15.3. The lowest BCUT2D eigenvalue weighted by molar-refractivity contribution is 0.393. The first-order valence-corrected chi connectivity index (χ1v) is 9.93. The van der Waals surface area contributed by atoms with Crippen LogP contribution in [0, 0.1) is 24.4 Å². The summed E-state index contributed by atoms with van der Waals surface area (Å²) in [5, 5.41) is 4.62. The number of hydrogen-bond donors (Lipinski definition) is 1. The molecule has 150 valence electrons. The maximum Gasteiger partial charge on any atom is 0.178 e. The van der Waals surface area contributed by atoms with Gasteiger partial charge in [-0.15, -0.1) is 0 Å². The number of halogens is 1. The highest BCUT2D eigenvalue weighted by molar-refractivity contribution is 7.71. The van der Waals surface area contributed by atoms with Crippen LogP contribution in [0.2, 0.25) is 0 Å². The van der Waals surface area contributed by atoms with Crippen molar-refractivity contribution in [1.82, 2.24) is 24.7 Å². The molecule has 0 spiro atoms. The van der Waals surface area contributed by atoms with E-state index >= 15 is 4.39 Å². The van der Waals surface area contributed by atoms with Crippen molar-refractivity contribution in [1.29, 1.82) is 0 Å². The molecule has 0 fully saturated rings. The highest BCUT2D eigenvalue weighted by atomic mass is 32.1. The second kappa shape index (κ2) is 6.84. The summed E-state index contributed by atoms with van der Waals surface area (Å²) in [6.45, 7) is 5.59. The lowest BCUT2D eigenvalue weighted by Crippen LogP contribution is -2.08. The summed E-state index contributed by atoms with van der Waals surface area (Å²) in [5.74, 6) is 0.204. The zero-order valence-corrected chi connectivity index (χ0v) is 17.4. The molecule has 5 aromatic rings. The molecule has 0 aliphatic carbocycles. The number of H-pyrrole nitrogens is 1. The molecule has 6 nitrogen and oxygen atoms in total. The number of aromatic amines is 1. The van der Waals surface area contributed by atoms with Gasteiger partial charge in [0.05, 0.1) is 45.7 Å². The van der Waals surface area contributed by atoms with Crippen LogP contribution < -0.4 is 0 Å². The van der Waals surface area contributed by atoms with Crippen LogP contribution in [0.1, 0.15) is 30.1 Å². The van der Waals surface area contributed by atoms with Gasteiger partial charge in [0, 0.05) is 17.1 Å². The maximum atomic E-state index is 15.3. The highest BCUT2D eigenvalue weighted by Gasteiger charge is 2.20. The Kier molecular flexibility index (Phi) is 4.25. The number of imidazole rings is 1. The Morgan fingerprint density at radius 3 is 2.73 bits per heavy atom. The van der Waals surface area contributed by atoms with Gasteiger partial charge >= 0.3 is 0 Å². The number of hydrogen-bond acceptors (Lipinski definition) is 5. The van der Waals surface area contributed by atoms with Crippen molar-refractivity contribution in [3.8, 4) is 11.1 Å². The number of benzene rings is 1. The number of nitrogens with zero attached hydrogens (tertiary/aromatic N) is 4. The molecule has 4 aromatic heterocycles. The van der Waals surface area contributed by atoms with Gasteiger partial charge in [0.2, 0.25) is 0 Å². The second-order valence-corrected chi connectivity index (χ2v) is 7.69. The van der Waals surface area contributed by atoms with Crippen LogP contribution in [0.15, 0.2) is 47.2 Å². The van der Waals surface area contributed by atoms with E-state index in [1.165, 1.54) is 6.07 Å². The highest BCUT2D eigenvalue weighted by Crippen LogP contribution is 2.35. The molecule has 5 rings (SSSR count). The smallest absolute Gasteiger partial charge is 0.178 e. The molecule has 8 heteroatoms. The normalized spacial score (nSPS) is 12.7. The molecule has 1 N–H and O–H groups in total. The number of aryl methyl sites for hydroxylation is 2. The largest absolute Gasteiger partial charge is 0.361 e. The lowest BCUT2D eigenvalue weighted by Gasteiger charge is -2.15. The van der Waals surface area contributed by atoms with Crippen LogP contribution in [0.5, 0.6) is 0 Å². The summed E-state index contributed by atoms with van der Waals surface area (Å²) < 4.78 is 23.0. The second-order valence-electron chi connectivity index (χ2n) is 7.30. The molecule has 0 saturated carbocycles. The fourth-order valence-corrected chi connectivity index (χ4v) is 4.37. The van der Waals surface area contributed by atoms with Crippen LogP contribution in [-0.4, -0.2) is 24.7 Å². The Morgan fingerprint density at radius 1 is 1.20 bits per heavy atom. The summed E-state index contributed by atoms with van der Waals surface area (Å²) in [5.41, 5.74) is 4.79. The Bertz CT molecular complexity index is 1450. The number of fused-ring (bicyclic) bond motifs is 3. The molecule has 1 atom stereocenters. The van der Waals surface area contributed by atoms with Crippen molar-refractivity contribution in [2.24, 2.45) is 0 Å². The van der Waals surface area contributed by atoms with E-state index in [0.717, 1.165) is 16.7 Å². The first kappa shape index (κ1) is 18.6. The van der Waals surface area contributed by atoms with Gasteiger partial charge in [0.25, 0.3) is 0 Å². The van der Waals surface area contributed by atoms with Crippen molar-refractivity contribution in [3.05, 3.63) is 70.5 Å². The number of aromatic nitrogens is 5. The molecule has 30 heavy (non-hydrogen) atoms. The zero-order chi connectivity index (χ0) is 21.0. The molecular weight excluding hydrogens is 401 g/mol. The van der Waals surface area contributed by atoms with E-state index in [2.05, 4.69) is 20.1 Å². The fraction of sp³-hybridized carbons (Fsp3) is 0.182. The van der Waals surface area contributed by atoms with Gasteiger partial charge in [-0.05, 0) is 57.3 Å². The zero-order valence-electron chi connectivity index (χ0n) is 16.6. The van der Waals surface area contributed by atoms with Gasteiger partial charge in [-0.3, -0.25) is 9.97 Å². The van der Waals surface area contributed by atoms with E-state index in [4.69, 9.17) is 16.7 Å². The van der Waals surface area contributed by atoms with E-state index < -0.39 is 0 Å². The number of rotatable bonds is 3. The first-order valence-electron chi connectivity index (χ1n) is 9.52. The standard InChI is InChI=1S/C22H18FN5OS/c1-11-20(13(3)29-27-11)14-9-18-15(8-16(14)23)21-19(10-25-18)26-22(30)28(21)12(2)17-6-4-5-7-24-17/h4-10,12H,1-3H3,(H,26,30)/t12-/m1/s1. The summed E-state index contributed by atoms with van der Waals surface area (Å²) in [6, 6.07) is 8.87. The topological polar surface area (TPSA) is 72.5 Å². The quantitative estimate of drug-likeness (QED) is 0.382. The minimum absolute atomic E-state index is 0.136. The van der Waals surface area contributed by atoms with Crippen molar-refractivity contribution in [2.75, 3.05) is 0 Å². The molecule has 0 radical (unpaired) electrons. The van der Waals surface area contributed by atoms with Gasteiger partial charge in [0.15, 0.2) is 4.77 Å². The summed E-state index contributed by atoms with van der Waals surface area (Å²) in [7, 11) is 0. The van der Waals surface area contributed by atoms with Crippen LogP contribution in [0.4, 0.5) is 4.39 Å². The molecule has 0 aliphatic rings. The van der Waals surface area contributed by atoms with Crippen molar-refractivity contribution in [2.45, 2.75) is 26.8 Å². The molecule has 0 saturated heterocycles. The van der Waals surface area contributed by atoms with E-state index in [9.17, 15) is 0 Å². The molecule has 0 aliphatic heterocycles. The van der Waals surface area contributed by atoms with Crippen LogP contribution in [0.25, 0.3) is 33.1 Å². The van der Waals surface area contributed by atoms with Gasteiger partial charge in [-0.25, -0.2) is 4.39 Å². The lowest BCUT2D eigenvalue weighted by atomic mass is 10.0. The first-order chi connectivity index (χ1) is 14.5. The van der Waals surface area contributed by atoms with Gasteiger partial charge < -0.3 is 14.1 Å². The number of nitrogens with one attached hydrogen (secondary N) is 1. The van der Waals surface area contributed by atoms with Gasteiger partial charge in [-0.1, -0.05) is 11.2 Å². The average molecular weight is 419 g/mol. The van der Waals surface area contributed by atoms with Crippen LogP contribution in [0.3, 0.4) is 0 Å². The Balaban J connectivity index is 1.80. The third-order valence-corrected chi connectivity index (χ3v) is 5.73. The minimum atomic E-state index is -0.365. The van der Waals surface area contributed by atoms with Gasteiger partial charge in [-0.2, -0.15) is 0 Å². The number of pyridine rings is 2. The summed E-state index contributed by atoms with van der Waals surface area (Å²) in [4.78, 5) is 12.2. The van der Waals surface area contributed by atoms with Crippen molar-refractivity contribution < 1.29 is 8.91 Å². The molecule has 0 unspecified atom stereocenters. The monoisotopic (exact) mass is 419 g/mol. The fourth-order valence-electron chi connectivity index (χ4n) is 4.01. The molecular formula is C22H18FN5OS. The van der Waals surface area contributed by atoms with Crippen LogP contribution in [-0.2, 0) is 0 Å². The van der Waals surface area contributed by atoms with Gasteiger partial charge in [0.1, 0.15) is 11.6 Å². The van der Waals surface area contributed by atoms with E-state index in [0.29, 0.717) is 38.3 Å². The minimum Gasteiger partial charge on any atom is -0.361 e. The Morgan fingerprint density at radius 2 is 2.03 bits per heavy atom. The van der Waals surface area contributed by atoms with E-state index in [-0.39, 0.29) is 11.9 Å². The summed E-state index contributed by atoms with van der Waals surface area (Å²) >= 11 is 5.59. The van der Waals surface area contributed by atoms with E-state index in [1.807, 2.05) is 29.7 Å². The third kappa shape index (κ3) is 2.75.